The number of hydrogen-bond acceptors (Lipinski definition) is 3. The molecule has 1 aliphatic heterocycles. The molecule has 4 heteroatoms. The first-order valence-corrected chi connectivity index (χ1v) is 6.24. The van der Waals surface area contributed by atoms with E-state index >= 15 is 0 Å². The highest BCUT2D eigenvalue weighted by molar-refractivity contribution is 5.72. The van der Waals surface area contributed by atoms with Gasteiger partial charge in [0, 0.05) is 19.6 Å². The van der Waals surface area contributed by atoms with Crippen molar-refractivity contribution in [2.75, 3.05) is 19.8 Å². The summed E-state index contributed by atoms with van der Waals surface area (Å²) in [4.78, 5) is 11.7. The minimum Gasteiger partial charge on any atom is -0.465 e. The van der Waals surface area contributed by atoms with E-state index in [1.54, 1.807) is 12.1 Å². The van der Waals surface area contributed by atoms with Crippen molar-refractivity contribution in [2.24, 2.45) is 5.92 Å². The molecule has 1 aliphatic rings. The molecule has 1 heterocycles. The summed E-state index contributed by atoms with van der Waals surface area (Å²) in [6, 6.07) is 6.24. The molecule has 0 saturated carbocycles. The molecule has 0 spiro atoms. The third kappa shape index (κ3) is 3.81. The minimum absolute atomic E-state index is 0.0213. The minimum atomic E-state index is -0.252. The summed E-state index contributed by atoms with van der Waals surface area (Å²) in [5.74, 6) is -0.412. The van der Waals surface area contributed by atoms with Crippen molar-refractivity contribution in [1.29, 1.82) is 0 Å². The molecule has 0 bridgehead atoms. The Morgan fingerprint density at radius 1 is 1.28 bits per heavy atom. The molecule has 0 aromatic heterocycles. The van der Waals surface area contributed by atoms with E-state index in [2.05, 4.69) is 0 Å². The molecule has 98 valence electrons. The van der Waals surface area contributed by atoms with Gasteiger partial charge < -0.3 is 9.47 Å². The third-order valence-electron chi connectivity index (χ3n) is 3.10. The number of benzene rings is 1. The van der Waals surface area contributed by atoms with Crippen molar-refractivity contribution in [3.63, 3.8) is 0 Å². The van der Waals surface area contributed by atoms with Gasteiger partial charge in [-0.25, -0.2) is 4.39 Å². The van der Waals surface area contributed by atoms with Crippen LogP contribution in [0.25, 0.3) is 0 Å². The lowest BCUT2D eigenvalue weighted by Crippen LogP contribution is -2.25. The van der Waals surface area contributed by atoms with E-state index in [9.17, 15) is 9.18 Å². The molecule has 0 atom stereocenters. The molecule has 1 saturated heterocycles. The summed E-state index contributed by atoms with van der Waals surface area (Å²) in [5.41, 5.74) is 0.969. The summed E-state index contributed by atoms with van der Waals surface area (Å²) in [5, 5.41) is 0. The van der Waals surface area contributed by atoms with E-state index < -0.39 is 0 Å². The second-order valence-corrected chi connectivity index (χ2v) is 4.43. The first kappa shape index (κ1) is 13.0. The van der Waals surface area contributed by atoms with Crippen LogP contribution in [0.5, 0.6) is 0 Å². The van der Waals surface area contributed by atoms with Gasteiger partial charge in [0.15, 0.2) is 0 Å². The topological polar surface area (TPSA) is 35.5 Å². The Hall–Kier alpha value is -1.42. The molecular weight excluding hydrogens is 235 g/mol. The van der Waals surface area contributed by atoms with Crippen LogP contribution in [0.15, 0.2) is 24.3 Å². The largest absolute Gasteiger partial charge is 0.465 e. The normalized spacial score (nSPS) is 16.5. The van der Waals surface area contributed by atoms with Crippen LogP contribution in [0.4, 0.5) is 4.39 Å². The van der Waals surface area contributed by atoms with Crippen molar-refractivity contribution in [1.82, 2.24) is 0 Å². The fraction of sp³-hybridized carbons (Fsp3) is 0.500. The van der Waals surface area contributed by atoms with Crippen molar-refractivity contribution in [3.8, 4) is 0 Å². The monoisotopic (exact) mass is 252 g/mol. The second-order valence-electron chi connectivity index (χ2n) is 4.43. The zero-order chi connectivity index (χ0) is 12.8. The number of halogens is 1. The Morgan fingerprint density at radius 2 is 1.94 bits per heavy atom. The number of hydrogen-bond donors (Lipinski definition) is 0. The molecule has 0 aliphatic carbocycles. The Balaban J connectivity index is 1.71. The quantitative estimate of drug-likeness (QED) is 0.772. The third-order valence-corrected chi connectivity index (χ3v) is 3.10. The van der Waals surface area contributed by atoms with Crippen LogP contribution < -0.4 is 0 Å². The molecule has 0 amide bonds. The fourth-order valence-corrected chi connectivity index (χ4v) is 1.97. The van der Waals surface area contributed by atoms with E-state index in [-0.39, 0.29) is 17.7 Å². The van der Waals surface area contributed by atoms with Gasteiger partial charge in [-0.2, -0.15) is 0 Å². The zero-order valence-corrected chi connectivity index (χ0v) is 10.2. The fourth-order valence-electron chi connectivity index (χ4n) is 1.97. The van der Waals surface area contributed by atoms with Gasteiger partial charge in [-0.1, -0.05) is 12.1 Å². The molecule has 1 fully saturated rings. The van der Waals surface area contributed by atoms with E-state index in [0.717, 1.165) is 18.4 Å². The number of ether oxygens (including phenoxy) is 2. The molecule has 1 aromatic carbocycles. The van der Waals surface area contributed by atoms with Gasteiger partial charge >= 0.3 is 5.97 Å². The van der Waals surface area contributed by atoms with Crippen molar-refractivity contribution >= 4 is 5.97 Å². The highest BCUT2D eigenvalue weighted by Crippen LogP contribution is 2.16. The maximum Gasteiger partial charge on any atom is 0.309 e. The maximum atomic E-state index is 12.7. The Bertz CT molecular complexity index is 383. The van der Waals surface area contributed by atoms with Gasteiger partial charge in [0.1, 0.15) is 5.82 Å². The average molecular weight is 252 g/mol. The van der Waals surface area contributed by atoms with Gasteiger partial charge in [-0.15, -0.1) is 0 Å². The lowest BCUT2D eigenvalue weighted by Gasteiger charge is -2.20. The molecule has 18 heavy (non-hydrogen) atoms. The first-order valence-electron chi connectivity index (χ1n) is 6.24. The SMILES string of the molecule is O=C(OCCc1ccc(F)cc1)C1CCOCC1. The predicted octanol–water partition coefficient (Wildman–Crippen LogP) is 2.34. The van der Waals surface area contributed by atoms with Crippen LogP contribution in [0.2, 0.25) is 0 Å². The Morgan fingerprint density at radius 3 is 2.61 bits per heavy atom. The first-order chi connectivity index (χ1) is 8.75. The van der Waals surface area contributed by atoms with Crippen molar-refractivity contribution in [3.05, 3.63) is 35.6 Å². The number of esters is 1. The summed E-state index contributed by atoms with van der Waals surface area (Å²) in [6.07, 6.45) is 2.11. The van der Waals surface area contributed by atoms with Gasteiger partial charge in [0.05, 0.1) is 12.5 Å². The second kappa shape index (κ2) is 6.50. The molecule has 2 rings (SSSR count). The molecular formula is C14H17FO3. The molecule has 0 radical (unpaired) electrons. The van der Waals surface area contributed by atoms with Gasteiger partial charge in [-0.05, 0) is 30.5 Å². The lowest BCUT2D eigenvalue weighted by atomic mass is 10.0. The highest BCUT2D eigenvalue weighted by Gasteiger charge is 2.22. The van der Waals surface area contributed by atoms with E-state index in [4.69, 9.17) is 9.47 Å². The standard InChI is InChI=1S/C14H17FO3/c15-13-3-1-11(2-4-13)5-10-18-14(16)12-6-8-17-9-7-12/h1-4,12H,5-10H2. The Kier molecular flexibility index (Phi) is 4.70. The van der Waals surface area contributed by atoms with Crippen LogP contribution in [-0.2, 0) is 20.7 Å². The number of carbonyl (C=O) groups is 1. The van der Waals surface area contributed by atoms with E-state index in [0.29, 0.717) is 26.2 Å². The predicted molar refractivity (Wildman–Crippen MR) is 64.6 cm³/mol. The van der Waals surface area contributed by atoms with Crippen LogP contribution in [-0.4, -0.2) is 25.8 Å². The average Bonchev–Trinajstić information content (AvgIpc) is 2.42. The molecule has 3 nitrogen and oxygen atoms in total. The van der Waals surface area contributed by atoms with Gasteiger partial charge in [-0.3, -0.25) is 4.79 Å². The number of carbonyl (C=O) groups excluding carboxylic acids is 1. The van der Waals surface area contributed by atoms with Gasteiger partial charge in [0.25, 0.3) is 0 Å². The van der Waals surface area contributed by atoms with E-state index in [1.165, 1.54) is 12.1 Å². The molecule has 0 unspecified atom stereocenters. The smallest absolute Gasteiger partial charge is 0.309 e. The van der Waals surface area contributed by atoms with Crippen LogP contribution in [0, 0.1) is 11.7 Å². The summed E-state index contributed by atoms with van der Waals surface area (Å²) in [6.45, 7) is 1.62. The maximum absolute atomic E-state index is 12.7. The van der Waals surface area contributed by atoms with Crippen LogP contribution in [0.3, 0.4) is 0 Å². The summed E-state index contributed by atoms with van der Waals surface area (Å²) < 4.78 is 23.1. The molecule has 1 aromatic rings. The van der Waals surface area contributed by atoms with Crippen molar-refractivity contribution < 1.29 is 18.7 Å². The van der Waals surface area contributed by atoms with Crippen molar-refractivity contribution in [2.45, 2.75) is 19.3 Å². The van der Waals surface area contributed by atoms with E-state index in [1.807, 2.05) is 0 Å². The Labute approximate surface area is 106 Å². The summed E-state index contributed by atoms with van der Waals surface area (Å²) in [7, 11) is 0. The van der Waals surface area contributed by atoms with Crippen LogP contribution in [0.1, 0.15) is 18.4 Å². The van der Waals surface area contributed by atoms with Gasteiger partial charge in [0.2, 0.25) is 0 Å². The molecule has 0 N–H and O–H groups in total. The lowest BCUT2D eigenvalue weighted by molar-refractivity contribution is -0.151. The van der Waals surface area contributed by atoms with Crippen LogP contribution >= 0.6 is 0 Å². The zero-order valence-electron chi connectivity index (χ0n) is 10.2. The highest BCUT2D eigenvalue weighted by atomic mass is 19.1. The summed E-state index contributed by atoms with van der Waals surface area (Å²) >= 11 is 0. The number of rotatable bonds is 4.